The van der Waals surface area contributed by atoms with Crippen molar-refractivity contribution < 1.29 is 9.53 Å². The molecule has 8 heteroatoms. The zero-order valence-corrected chi connectivity index (χ0v) is 15.3. The van der Waals surface area contributed by atoms with Crippen LogP contribution in [0.1, 0.15) is 12.8 Å². The van der Waals surface area contributed by atoms with E-state index in [1.807, 2.05) is 22.7 Å². The number of carbonyl (C=O) groups excluding carboxylic acids is 1. The minimum atomic E-state index is -0.167. The van der Waals surface area contributed by atoms with Crippen LogP contribution in [-0.4, -0.2) is 32.0 Å². The second-order valence-corrected chi connectivity index (χ2v) is 6.32. The van der Waals surface area contributed by atoms with E-state index in [0.717, 1.165) is 11.0 Å². The molecule has 0 aliphatic heterocycles. The summed E-state index contributed by atoms with van der Waals surface area (Å²) in [6.07, 6.45) is 7.58. The summed E-state index contributed by atoms with van der Waals surface area (Å²) in [5.74, 6) is 0.891. The number of rotatable bonds is 6. The normalized spacial score (nSPS) is 11.0. The Kier molecular flexibility index (Phi) is 4.76. The zero-order chi connectivity index (χ0) is 19.5. The Labute approximate surface area is 160 Å². The van der Waals surface area contributed by atoms with Gasteiger partial charge in [-0.25, -0.2) is 4.98 Å². The SMILES string of the molecule is COc1ccnc(NC(=O)CCCn2c(=O)c3cccn3c3ccncc32)c1. The number of anilines is 1. The Morgan fingerprint density at radius 3 is 2.93 bits per heavy atom. The standard InChI is InChI=1S/C20H19N5O3/c1-28-14-6-9-22-18(12-14)23-19(26)5-3-11-25-17-13-21-8-7-15(17)24-10-2-4-16(24)20(25)27/h2,4,6-10,12-13H,3,5,11H2,1H3,(H,22,23,26). The molecule has 1 N–H and O–H groups in total. The van der Waals surface area contributed by atoms with Crippen molar-refractivity contribution in [1.29, 1.82) is 0 Å². The lowest BCUT2D eigenvalue weighted by molar-refractivity contribution is -0.116. The molecule has 0 saturated carbocycles. The first kappa shape index (κ1) is 17.7. The predicted molar refractivity (Wildman–Crippen MR) is 106 cm³/mol. The van der Waals surface area contributed by atoms with Crippen LogP contribution >= 0.6 is 0 Å². The molecule has 8 nitrogen and oxygen atoms in total. The molecule has 4 aromatic heterocycles. The molecule has 4 heterocycles. The number of carbonyl (C=O) groups is 1. The Morgan fingerprint density at radius 1 is 1.18 bits per heavy atom. The maximum absolute atomic E-state index is 12.8. The highest BCUT2D eigenvalue weighted by Crippen LogP contribution is 2.16. The molecule has 0 aliphatic carbocycles. The zero-order valence-electron chi connectivity index (χ0n) is 15.3. The Morgan fingerprint density at radius 2 is 2.07 bits per heavy atom. The number of nitrogens with one attached hydrogen (secondary N) is 1. The van der Waals surface area contributed by atoms with Gasteiger partial charge in [-0.1, -0.05) is 0 Å². The third-order valence-electron chi connectivity index (χ3n) is 4.56. The van der Waals surface area contributed by atoms with Crippen molar-refractivity contribution in [2.45, 2.75) is 19.4 Å². The Bertz CT molecular complexity index is 1210. The largest absolute Gasteiger partial charge is 0.497 e. The number of hydrogen-bond acceptors (Lipinski definition) is 5. The van der Waals surface area contributed by atoms with Crippen LogP contribution in [0.2, 0.25) is 0 Å². The molecule has 4 aromatic rings. The van der Waals surface area contributed by atoms with Crippen LogP contribution in [0.4, 0.5) is 5.82 Å². The number of ether oxygens (including phenoxy) is 1. The molecule has 0 spiro atoms. The summed E-state index contributed by atoms with van der Waals surface area (Å²) in [7, 11) is 1.56. The van der Waals surface area contributed by atoms with Gasteiger partial charge in [0.1, 0.15) is 17.1 Å². The maximum atomic E-state index is 12.8. The topological polar surface area (TPSA) is 90.5 Å². The molecule has 0 aromatic carbocycles. The van der Waals surface area contributed by atoms with Crippen LogP contribution in [0.5, 0.6) is 5.75 Å². The van der Waals surface area contributed by atoms with Gasteiger partial charge in [0.15, 0.2) is 0 Å². The fourth-order valence-corrected chi connectivity index (χ4v) is 3.23. The second kappa shape index (κ2) is 7.51. The van der Waals surface area contributed by atoms with Crippen LogP contribution in [-0.2, 0) is 11.3 Å². The van der Waals surface area contributed by atoms with Crippen LogP contribution in [0.25, 0.3) is 16.6 Å². The van der Waals surface area contributed by atoms with Crippen molar-refractivity contribution >= 4 is 28.3 Å². The maximum Gasteiger partial charge on any atom is 0.275 e. The van der Waals surface area contributed by atoms with Gasteiger partial charge in [-0.2, -0.15) is 0 Å². The highest BCUT2D eigenvalue weighted by atomic mass is 16.5. The van der Waals surface area contributed by atoms with Crippen molar-refractivity contribution in [2.24, 2.45) is 0 Å². The monoisotopic (exact) mass is 377 g/mol. The van der Waals surface area contributed by atoms with Crippen molar-refractivity contribution in [2.75, 3.05) is 12.4 Å². The van der Waals surface area contributed by atoms with E-state index in [1.54, 1.807) is 48.5 Å². The predicted octanol–water partition coefficient (Wildman–Crippen LogP) is 2.47. The number of fused-ring (bicyclic) bond motifs is 3. The first-order valence-electron chi connectivity index (χ1n) is 8.91. The highest BCUT2D eigenvalue weighted by Gasteiger charge is 2.11. The van der Waals surface area contributed by atoms with Crippen LogP contribution < -0.4 is 15.6 Å². The number of hydrogen-bond donors (Lipinski definition) is 1. The number of amides is 1. The Hall–Kier alpha value is -3.68. The van der Waals surface area contributed by atoms with Gasteiger partial charge in [0.25, 0.3) is 5.56 Å². The van der Waals surface area contributed by atoms with E-state index in [1.165, 1.54) is 0 Å². The van der Waals surface area contributed by atoms with E-state index < -0.39 is 0 Å². The molecule has 1 amide bonds. The summed E-state index contributed by atoms with van der Waals surface area (Å²) in [5, 5.41) is 2.75. The van der Waals surface area contributed by atoms with E-state index in [4.69, 9.17) is 4.74 Å². The van der Waals surface area contributed by atoms with E-state index in [9.17, 15) is 9.59 Å². The summed E-state index contributed by atoms with van der Waals surface area (Å²) < 4.78 is 8.65. The van der Waals surface area contributed by atoms with Gasteiger partial charge in [-0.3, -0.25) is 14.6 Å². The van der Waals surface area contributed by atoms with Crippen LogP contribution in [0, 0.1) is 0 Å². The lowest BCUT2D eigenvalue weighted by Gasteiger charge is -2.12. The molecule has 0 radical (unpaired) electrons. The average Bonchev–Trinajstić information content (AvgIpc) is 3.21. The van der Waals surface area contributed by atoms with E-state index in [2.05, 4.69) is 15.3 Å². The van der Waals surface area contributed by atoms with E-state index >= 15 is 0 Å². The Balaban J connectivity index is 1.50. The van der Waals surface area contributed by atoms with Crippen LogP contribution in [0.15, 0.2) is 59.9 Å². The van der Waals surface area contributed by atoms with E-state index in [-0.39, 0.29) is 17.9 Å². The third kappa shape index (κ3) is 3.32. The second-order valence-electron chi connectivity index (χ2n) is 6.32. The molecule has 0 saturated heterocycles. The summed E-state index contributed by atoms with van der Waals surface area (Å²) in [6.45, 7) is 0.418. The molecule has 0 bridgehead atoms. The third-order valence-corrected chi connectivity index (χ3v) is 4.56. The van der Waals surface area contributed by atoms with Crippen molar-refractivity contribution in [3.63, 3.8) is 0 Å². The molecule has 142 valence electrons. The molecule has 0 atom stereocenters. The van der Waals surface area contributed by atoms with Gasteiger partial charge in [-0.15, -0.1) is 0 Å². The van der Waals surface area contributed by atoms with Gasteiger partial charge >= 0.3 is 0 Å². The molecule has 0 aliphatic rings. The summed E-state index contributed by atoms with van der Waals surface area (Å²) in [6, 6.07) is 8.87. The number of methoxy groups -OCH3 is 1. The fourth-order valence-electron chi connectivity index (χ4n) is 3.23. The van der Waals surface area contributed by atoms with Crippen LogP contribution in [0.3, 0.4) is 0 Å². The van der Waals surface area contributed by atoms with Gasteiger partial charge in [0, 0.05) is 37.6 Å². The highest BCUT2D eigenvalue weighted by molar-refractivity contribution is 5.89. The van der Waals surface area contributed by atoms with Gasteiger partial charge in [0.2, 0.25) is 5.91 Å². The molecular formula is C20H19N5O3. The summed E-state index contributed by atoms with van der Waals surface area (Å²) in [4.78, 5) is 33.3. The first-order chi connectivity index (χ1) is 13.7. The average molecular weight is 377 g/mol. The first-order valence-corrected chi connectivity index (χ1v) is 8.91. The van der Waals surface area contributed by atoms with E-state index in [0.29, 0.717) is 30.0 Å². The van der Waals surface area contributed by atoms with Gasteiger partial charge < -0.3 is 19.0 Å². The van der Waals surface area contributed by atoms with Gasteiger partial charge in [0.05, 0.1) is 24.3 Å². The lowest BCUT2D eigenvalue weighted by Crippen LogP contribution is -2.23. The number of aromatic nitrogens is 4. The number of aryl methyl sites for hydroxylation is 1. The fraction of sp³-hybridized carbons (Fsp3) is 0.200. The minimum absolute atomic E-state index is 0.0969. The lowest BCUT2D eigenvalue weighted by atomic mass is 10.2. The molecular weight excluding hydrogens is 358 g/mol. The molecule has 28 heavy (non-hydrogen) atoms. The smallest absolute Gasteiger partial charge is 0.275 e. The molecule has 0 fully saturated rings. The number of nitrogens with zero attached hydrogens (tertiary/aromatic N) is 4. The molecule has 0 unspecified atom stereocenters. The quantitative estimate of drug-likeness (QED) is 0.557. The summed E-state index contributed by atoms with van der Waals surface area (Å²) >= 11 is 0. The minimum Gasteiger partial charge on any atom is -0.497 e. The van der Waals surface area contributed by atoms with Crippen molar-refractivity contribution in [3.05, 3.63) is 65.5 Å². The molecule has 4 rings (SSSR count). The van der Waals surface area contributed by atoms with Gasteiger partial charge in [-0.05, 0) is 30.7 Å². The van der Waals surface area contributed by atoms with Crippen molar-refractivity contribution in [3.8, 4) is 5.75 Å². The van der Waals surface area contributed by atoms with Crippen molar-refractivity contribution in [1.82, 2.24) is 18.9 Å². The summed E-state index contributed by atoms with van der Waals surface area (Å²) in [5.41, 5.74) is 2.15. The number of pyridine rings is 2.